The van der Waals surface area contributed by atoms with Crippen molar-refractivity contribution in [2.24, 2.45) is 5.92 Å². The molecule has 1 atom stereocenters. The number of carbonyl (C=O) groups excluding carboxylic acids is 1. The summed E-state index contributed by atoms with van der Waals surface area (Å²) in [6.07, 6.45) is 1.18. The van der Waals surface area contributed by atoms with E-state index in [2.05, 4.69) is 6.07 Å². The predicted molar refractivity (Wildman–Crippen MR) is 71.0 cm³/mol. The normalized spacial score (nSPS) is 17.4. The minimum atomic E-state index is -0.978. The molecule has 0 radical (unpaired) electrons. The van der Waals surface area contributed by atoms with Crippen LogP contribution in [0.2, 0.25) is 0 Å². The van der Waals surface area contributed by atoms with Crippen LogP contribution in [-0.4, -0.2) is 66.3 Å². The van der Waals surface area contributed by atoms with E-state index in [9.17, 15) is 9.59 Å². The van der Waals surface area contributed by atoms with Gasteiger partial charge in [-0.1, -0.05) is 0 Å². The van der Waals surface area contributed by atoms with E-state index in [-0.39, 0.29) is 24.7 Å². The molecule has 20 heavy (non-hydrogen) atoms. The number of amides is 2. The number of likely N-dealkylation sites (tertiary alicyclic amines) is 1. The zero-order valence-electron chi connectivity index (χ0n) is 11.9. The van der Waals surface area contributed by atoms with Gasteiger partial charge in [0.15, 0.2) is 0 Å². The van der Waals surface area contributed by atoms with E-state index in [1.54, 1.807) is 23.8 Å². The molecular formula is C13H21N3O4. The summed E-state index contributed by atoms with van der Waals surface area (Å²) in [4.78, 5) is 25.8. The number of ether oxygens (including phenoxy) is 1. The number of nitriles is 1. The third kappa shape index (κ3) is 5.05. The molecule has 2 amide bonds. The van der Waals surface area contributed by atoms with E-state index in [1.807, 2.05) is 0 Å². The third-order valence-electron chi connectivity index (χ3n) is 3.25. The second-order valence-corrected chi connectivity index (χ2v) is 5.08. The second-order valence-electron chi connectivity index (χ2n) is 5.08. The van der Waals surface area contributed by atoms with Crippen LogP contribution in [0.5, 0.6) is 0 Å². The van der Waals surface area contributed by atoms with Crippen molar-refractivity contribution < 1.29 is 19.4 Å². The Hall–Kier alpha value is -1.81. The van der Waals surface area contributed by atoms with E-state index >= 15 is 0 Å². The molecule has 112 valence electrons. The van der Waals surface area contributed by atoms with Gasteiger partial charge in [-0.15, -0.1) is 0 Å². The lowest BCUT2D eigenvalue weighted by Gasteiger charge is -2.34. The minimum absolute atomic E-state index is 0.0937. The highest BCUT2D eigenvalue weighted by Crippen LogP contribution is 2.15. The number of rotatable bonds is 5. The van der Waals surface area contributed by atoms with E-state index in [4.69, 9.17) is 15.1 Å². The van der Waals surface area contributed by atoms with Crippen LogP contribution in [-0.2, 0) is 9.53 Å². The summed E-state index contributed by atoms with van der Waals surface area (Å²) in [6, 6.07) is 2.01. The minimum Gasteiger partial charge on any atom is -0.480 e. The van der Waals surface area contributed by atoms with Crippen LogP contribution in [0.15, 0.2) is 0 Å². The fraction of sp³-hybridized carbons (Fsp3) is 0.769. The summed E-state index contributed by atoms with van der Waals surface area (Å²) in [7, 11) is 1.68. The summed E-state index contributed by atoms with van der Waals surface area (Å²) >= 11 is 0. The first-order valence-corrected chi connectivity index (χ1v) is 6.67. The fourth-order valence-electron chi connectivity index (χ4n) is 2.17. The first-order chi connectivity index (χ1) is 9.43. The van der Waals surface area contributed by atoms with Crippen LogP contribution >= 0.6 is 0 Å². The highest BCUT2D eigenvalue weighted by molar-refractivity contribution is 5.74. The van der Waals surface area contributed by atoms with E-state index in [0.29, 0.717) is 32.5 Å². The highest BCUT2D eigenvalue weighted by Gasteiger charge is 2.26. The Morgan fingerprint density at radius 3 is 2.60 bits per heavy atom. The molecule has 0 aromatic carbocycles. The molecule has 0 saturated carbocycles. The number of hydrogen-bond acceptors (Lipinski definition) is 4. The summed E-state index contributed by atoms with van der Waals surface area (Å²) in [5.41, 5.74) is 0. The van der Waals surface area contributed by atoms with Crippen LogP contribution in [0.3, 0.4) is 0 Å². The quantitative estimate of drug-likeness (QED) is 0.804. The molecule has 1 aliphatic heterocycles. The van der Waals surface area contributed by atoms with Crippen LogP contribution in [0.4, 0.5) is 4.79 Å². The van der Waals surface area contributed by atoms with Gasteiger partial charge in [0, 0.05) is 26.7 Å². The molecule has 7 nitrogen and oxygen atoms in total. The first kappa shape index (κ1) is 16.2. The molecule has 0 aliphatic carbocycles. The van der Waals surface area contributed by atoms with Gasteiger partial charge < -0.3 is 19.6 Å². The molecule has 0 aromatic rings. The summed E-state index contributed by atoms with van der Waals surface area (Å²) in [5.74, 6) is -1.17. The number of carboxylic acid groups (broad SMARTS) is 1. The number of hydrogen-bond donors (Lipinski definition) is 1. The van der Waals surface area contributed by atoms with E-state index < -0.39 is 5.97 Å². The van der Waals surface area contributed by atoms with Crippen LogP contribution in [0.1, 0.15) is 19.8 Å². The van der Waals surface area contributed by atoms with Gasteiger partial charge in [0.1, 0.15) is 6.61 Å². The summed E-state index contributed by atoms with van der Waals surface area (Å²) in [5, 5.41) is 17.3. The number of carbonyl (C=O) groups is 2. The lowest BCUT2D eigenvalue weighted by Crippen LogP contribution is -2.47. The molecule has 1 saturated heterocycles. The maximum absolute atomic E-state index is 12.1. The maximum atomic E-state index is 12.1. The lowest BCUT2D eigenvalue weighted by atomic mass is 10.1. The lowest BCUT2D eigenvalue weighted by molar-refractivity contribution is -0.145. The van der Waals surface area contributed by atoms with Gasteiger partial charge in [-0.25, -0.2) is 9.59 Å². The Kier molecular flexibility index (Phi) is 6.25. The van der Waals surface area contributed by atoms with Crippen molar-refractivity contribution >= 4 is 12.0 Å². The number of piperidine rings is 1. The molecule has 7 heteroatoms. The van der Waals surface area contributed by atoms with Gasteiger partial charge in [0.25, 0.3) is 0 Å². The Morgan fingerprint density at radius 1 is 1.50 bits per heavy atom. The Balaban J connectivity index is 2.35. The van der Waals surface area contributed by atoms with Gasteiger partial charge in [0.2, 0.25) is 0 Å². The molecule has 0 aromatic heterocycles. The Morgan fingerprint density at radius 2 is 2.10 bits per heavy atom. The van der Waals surface area contributed by atoms with Crippen molar-refractivity contribution in [3.63, 3.8) is 0 Å². The smallest absolute Gasteiger partial charge is 0.329 e. The highest BCUT2D eigenvalue weighted by atomic mass is 16.5. The largest absolute Gasteiger partial charge is 0.480 e. The monoisotopic (exact) mass is 283 g/mol. The standard InChI is InChI=1S/C13H21N3O4/c1-10(7-14)8-15(2)13(19)16-5-3-11(4-6-16)20-9-12(17)18/h10-11H,3-6,8-9H2,1-2H3,(H,17,18). The van der Waals surface area contributed by atoms with Crippen LogP contribution in [0.25, 0.3) is 0 Å². The molecule has 1 N–H and O–H groups in total. The molecule has 1 unspecified atom stereocenters. The molecule has 0 bridgehead atoms. The molecule has 1 aliphatic rings. The van der Waals surface area contributed by atoms with Gasteiger partial charge >= 0.3 is 12.0 Å². The van der Waals surface area contributed by atoms with Gasteiger partial charge in [-0.2, -0.15) is 5.26 Å². The van der Waals surface area contributed by atoms with Gasteiger partial charge in [-0.05, 0) is 19.8 Å². The molecule has 1 rings (SSSR count). The fourth-order valence-corrected chi connectivity index (χ4v) is 2.17. The molecular weight excluding hydrogens is 262 g/mol. The molecule has 1 heterocycles. The first-order valence-electron chi connectivity index (χ1n) is 6.67. The van der Waals surface area contributed by atoms with E-state index in [0.717, 1.165) is 0 Å². The number of urea groups is 1. The SMILES string of the molecule is CC(C#N)CN(C)C(=O)N1CCC(OCC(=O)O)CC1. The Bertz CT molecular complexity index is 386. The summed E-state index contributed by atoms with van der Waals surface area (Å²) < 4.78 is 5.22. The van der Waals surface area contributed by atoms with Crippen molar-refractivity contribution in [1.29, 1.82) is 5.26 Å². The van der Waals surface area contributed by atoms with Crippen LogP contribution in [0, 0.1) is 17.2 Å². The second kappa shape index (κ2) is 7.70. The third-order valence-corrected chi connectivity index (χ3v) is 3.25. The number of aliphatic carboxylic acids is 1. The predicted octanol–water partition coefficient (Wildman–Crippen LogP) is 0.763. The zero-order valence-corrected chi connectivity index (χ0v) is 11.9. The van der Waals surface area contributed by atoms with Crippen molar-refractivity contribution in [2.45, 2.75) is 25.9 Å². The Labute approximate surface area is 118 Å². The van der Waals surface area contributed by atoms with Crippen molar-refractivity contribution in [3.05, 3.63) is 0 Å². The van der Waals surface area contributed by atoms with Crippen molar-refractivity contribution in [3.8, 4) is 6.07 Å². The van der Waals surface area contributed by atoms with Gasteiger partial charge in [0.05, 0.1) is 18.1 Å². The van der Waals surface area contributed by atoms with Crippen LogP contribution < -0.4 is 0 Å². The zero-order chi connectivity index (χ0) is 15.1. The van der Waals surface area contributed by atoms with Crippen molar-refractivity contribution in [1.82, 2.24) is 9.80 Å². The summed E-state index contributed by atoms with van der Waals surface area (Å²) in [6.45, 7) is 2.99. The van der Waals surface area contributed by atoms with Gasteiger partial charge in [-0.3, -0.25) is 0 Å². The average molecular weight is 283 g/mol. The van der Waals surface area contributed by atoms with E-state index in [1.165, 1.54) is 0 Å². The number of nitrogens with zero attached hydrogens (tertiary/aromatic N) is 3. The average Bonchev–Trinajstić information content (AvgIpc) is 2.44. The number of carboxylic acids is 1. The maximum Gasteiger partial charge on any atom is 0.329 e. The molecule has 1 fully saturated rings. The topological polar surface area (TPSA) is 93.9 Å². The molecule has 0 spiro atoms. The van der Waals surface area contributed by atoms with Crippen molar-refractivity contribution in [2.75, 3.05) is 33.3 Å².